The lowest BCUT2D eigenvalue weighted by Crippen LogP contribution is -2.41. The average Bonchev–Trinajstić information content (AvgIpc) is 3.01. The van der Waals surface area contributed by atoms with E-state index in [4.69, 9.17) is 4.74 Å². The number of ether oxygens (including phenoxy) is 1. The summed E-state index contributed by atoms with van der Waals surface area (Å²) in [6.07, 6.45) is 5.12. The van der Waals surface area contributed by atoms with Crippen LogP contribution in [0.2, 0.25) is 0 Å². The lowest BCUT2D eigenvalue weighted by atomic mass is 9.82. The van der Waals surface area contributed by atoms with Gasteiger partial charge in [0.05, 0.1) is 12.0 Å². The molecule has 18 heavy (non-hydrogen) atoms. The first kappa shape index (κ1) is 13.9. The number of carbonyl (C=O) groups is 1. The van der Waals surface area contributed by atoms with Gasteiger partial charge in [0.25, 0.3) is 0 Å². The Bertz CT molecular complexity index is 325. The van der Waals surface area contributed by atoms with Gasteiger partial charge in [-0.3, -0.25) is 9.79 Å². The lowest BCUT2D eigenvalue weighted by molar-refractivity contribution is -0.130. The summed E-state index contributed by atoms with van der Waals surface area (Å²) in [4.78, 5) is 16.7. The van der Waals surface area contributed by atoms with E-state index in [1.165, 1.54) is 0 Å². The van der Waals surface area contributed by atoms with Crippen molar-refractivity contribution in [2.45, 2.75) is 39.0 Å². The van der Waals surface area contributed by atoms with Crippen LogP contribution in [0.3, 0.4) is 0 Å². The Labute approximate surface area is 113 Å². The molecule has 1 amide bonds. The summed E-state index contributed by atoms with van der Waals surface area (Å²) in [7, 11) is 0. The molecule has 0 atom stereocenters. The third-order valence-electron chi connectivity index (χ3n) is 3.78. The van der Waals surface area contributed by atoms with Crippen LogP contribution in [0.5, 0.6) is 0 Å². The van der Waals surface area contributed by atoms with E-state index in [9.17, 15) is 4.79 Å². The molecule has 0 spiro atoms. The maximum Gasteiger partial charge on any atom is 0.232 e. The molecular weight excluding hydrogens is 248 g/mol. The minimum Gasteiger partial charge on any atom is -0.382 e. The summed E-state index contributed by atoms with van der Waals surface area (Å²) >= 11 is 1.64. The van der Waals surface area contributed by atoms with Crippen molar-refractivity contribution in [3.8, 4) is 0 Å². The highest BCUT2D eigenvalue weighted by atomic mass is 32.2. The predicted octanol–water partition coefficient (Wildman–Crippen LogP) is 2.19. The first-order chi connectivity index (χ1) is 8.77. The van der Waals surface area contributed by atoms with E-state index >= 15 is 0 Å². The van der Waals surface area contributed by atoms with E-state index in [0.29, 0.717) is 6.61 Å². The van der Waals surface area contributed by atoms with Crippen LogP contribution in [0.15, 0.2) is 4.99 Å². The molecule has 0 aromatic rings. The second kappa shape index (κ2) is 6.57. The molecule has 2 aliphatic rings. The fourth-order valence-electron chi connectivity index (χ4n) is 2.69. The smallest absolute Gasteiger partial charge is 0.232 e. The van der Waals surface area contributed by atoms with Gasteiger partial charge in [0.1, 0.15) is 0 Å². The van der Waals surface area contributed by atoms with Crippen LogP contribution in [0, 0.1) is 5.41 Å². The zero-order valence-electron chi connectivity index (χ0n) is 11.0. The molecule has 1 N–H and O–H groups in total. The van der Waals surface area contributed by atoms with E-state index in [1.807, 2.05) is 6.92 Å². The zero-order valence-corrected chi connectivity index (χ0v) is 11.9. The number of carbonyl (C=O) groups excluding carboxylic acids is 1. The van der Waals surface area contributed by atoms with E-state index in [0.717, 1.165) is 56.2 Å². The van der Waals surface area contributed by atoms with Crippen molar-refractivity contribution in [3.05, 3.63) is 0 Å². The molecule has 4 nitrogen and oxygen atoms in total. The van der Waals surface area contributed by atoms with Crippen molar-refractivity contribution in [2.24, 2.45) is 10.4 Å². The minimum absolute atomic E-state index is 0.160. The second-order valence-corrected chi connectivity index (χ2v) is 6.01. The van der Waals surface area contributed by atoms with Crippen molar-refractivity contribution < 1.29 is 9.53 Å². The third kappa shape index (κ3) is 3.26. The van der Waals surface area contributed by atoms with Crippen molar-refractivity contribution in [1.29, 1.82) is 0 Å². The predicted molar refractivity (Wildman–Crippen MR) is 74.9 cm³/mol. The molecule has 0 aromatic heterocycles. The second-order valence-electron chi connectivity index (χ2n) is 4.92. The number of aliphatic imine (C=N–C) groups is 1. The summed E-state index contributed by atoms with van der Waals surface area (Å²) < 4.78 is 5.43. The van der Waals surface area contributed by atoms with Crippen LogP contribution in [0.25, 0.3) is 0 Å². The number of amides is 1. The maximum atomic E-state index is 12.5. The van der Waals surface area contributed by atoms with E-state index in [-0.39, 0.29) is 11.3 Å². The highest BCUT2D eigenvalue weighted by Crippen LogP contribution is 2.41. The molecule has 0 saturated heterocycles. The van der Waals surface area contributed by atoms with Crippen molar-refractivity contribution in [3.63, 3.8) is 0 Å². The number of thioether (sulfide) groups is 1. The van der Waals surface area contributed by atoms with Gasteiger partial charge in [-0.1, -0.05) is 24.6 Å². The summed E-state index contributed by atoms with van der Waals surface area (Å²) in [5.74, 6) is 1.15. The van der Waals surface area contributed by atoms with Crippen LogP contribution in [-0.2, 0) is 9.53 Å². The Balaban J connectivity index is 1.92. The number of rotatable bonds is 5. The molecule has 0 bridgehead atoms. The summed E-state index contributed by atoms with van der Waals surface area (Å²) in [6, 6.07) is 0. The lowest BCUT2D eigenvalue weighted by Gasteiger charge is -2.27. The fourth-order valence-corrected chi connectivity index (χ4v) is 3.42. The zero-order chi connectivity index (χ0) is 12.8. The van der Waals surface area contributed by atoms with Gasteiger partial charge in [-0.2, -0.15) is 0 Å². The van der Waals surface area contributed by atoms with Gasteiger partial charge in [-0.05, 0) is 26.2 Å². The highest BCUT2D eigenvalue weighted by molar-refractivity contribution is 8.14. The van der Waals surface area contributed by atoms with Gasteiger partial charge >= 0.3 is 0 Å². The first-order valence-electron chi connectivity index (χ1n) is 6.83. The fraction of sp³-hybridized carbons (Fsp3) is 0.846. The monoisotopic (exact) mass is 270 g/mol. The standard InChI is InChI=1S/C13H22N2O2S/c1-2-17-9-7-13(5-3-4-6-13)11(16)15-12-14-8-10-18-12/h2-10H2,1H3,(H,14,15,16). The first-order valence-corrected chi connectivity index (χ1v) is 7.82. The number of nitrogens with zero attached hydrogens (tertiary/aromatic N) is 1. The average molecular weight is 270 g/mol. The number of hydrogen-bond acceptors (Lipinski definition) is 4. The van der Waals surface area contributed by atoms with Gasteiger partial charge in [-0.25, -0.2) is 0 Å². The Morgan fingerprint density at radius 2 is 2.28 bits per heavy atom. The van der Waals surface area contributed by atoms with E-state index < -0.39 is 0 Å². The molecule has 0 radical (unpaired) electrons. The number of hydrogen-bond donors (Lipinski definition) is 1. The molecule has 0 aromatic carbocycles. The molecule has 2 rings (SSSR count). The molecule has 1 saturated carbocycles. The van der Waals surface area contributed by atoms with E-state index in [1.54, 1.807) is 11.8 Å². The SMILES string of the molecule is CCOCCC1(C(=O)NC2=NCCS2)CCCC1. The Morgan fingerprint density at radius 3 is 2.89 bits per heavy atom. The van der Waals surface area contributed by atoms with Crippen molar-refractivity contribution >= 4 is 22.8 Å². The van der Waals surface area contributed by atoms with Gasteiger partial charge in [0.2, 0.25) is 5.91 Å². The maximum absolute atomic E-state index is 12.5. The Kier molecular flexibility index (Phi) is 5.06. The van der Waals surface area contributed by atoms with Gasteiger partial charge in [0.15, 0.2) is 5.17 Å². The number of amidine groups is 1. The normalized spacial score (nSPS) is 21.9. The molecule has 1 aliphatic carbocycles. The van der Waals surface area contributed by atoms with Crippen LogP contribution in [0.4, 0.5) is 0 Å². The topological polar surface area (TPSA) is 50.7 Å². The van der Waals surface area contributed by atoms with Gasteiger partial charge in [0, 0.05) is 19.0 Å². The number of nitrogens with one attached hydrogen (secondary N) is 1. The molecule has 1 aliphatic heterocycles. The molecule has 5 heteroatoms. The van der Waals surface area contributed by atoms with Crippen molar-refractivity contribution in [1.82, 2.24) is 5.32 Å². The molecule has 0 unspecified atom stereocenters. The van der Waals surface area contributed by atoms with Crippen molar-refractivity contribution in [2.75, 3.05) is 25.5 Å². The Morgan fingerprint density at radius 1 is 1.50 bits per heavy atom. The highest BCUT2D eigenvalue weighted by Gasteiger charge is 2.41. The van der Waals surface area contributed by atoms with Crippen LogP contribution >= 0.6 is 11.8 Å². The molecule has 1 fully saturated rings. The minimum atomic E-state index is -0.208. The van der Waals surface area contributed by atoms with Gasteiger partial charge in [-0.15, -0.1) is 0 Å². The third-order valence-corrected chi connectivity index (χ3v) is 4.67. The van der Waals surface area contributed by atoms with Crippen LogP contribution in [-0.4, -0.2) is 36.6 Å². The quantitative estimate of drug-likeness (QED) is 0.779. The van der Waals surface area contributed by atoms with Gasteiger partial charge < -0.3 is 10.1 Å². The summed E-state index contributed by atoms with van der Waals surface area (Å²) in [5, 5.41) is 3.82. The van der Waals surface area contributed by atoms with Crippen LogP contribution < -0.4 is 5.32 Å². The van der Waals surface area contributed by atoms with E-state index in [2.05, 4.69) is 10.3 Å². The molecular formula is C13H22N2O2S. The molecule has 102 valence electrons. The Hall–Kier alpha value is -0.550. The largest absolute Gasteiger partial charge is 0.382 e. The molecule has 1 heterocycles. The summed E-state index contributed by atoms with van der Waals surface area (Å²) in [5.41, 5.74) is -0.208. The summed E-state index contributed by atoms with van der Waals surface area (Å²) in [6.45, 7) is 4.22. The van der Waals surface area contributed by atoms with Crippen LogP contribution in [0.1, 0.15) is 39.0 Å².